The van der Waals surface area contributed by atoms with Gasteiger partial charge in [-0.1, -0.05) is 11.6 Å². The van der Waals surface area contributed by atoms with Gasteiger partial charge >= 0.3 is 0 Å². The molecule has 0 radical (unpaired) electrons. The molecule has 0 saturated carbocycles. The number of nitrogens with one attached hydrogen (secondary N) is 1. The van der Waals surface area contributed by atoms with E-state index in [1.54, 1.807) is 18.2 Å². The van der Waals surface area contributed by atoms with Gasteiger partial charge in [-0.25, -0.2) is 13.6 Å². The Bertz CT molecular complexity index is 906. The molecule has 2 heterocycles. The second kappa shape index (κ2) is 4.95. The molecule has 0 bridgehead atoms. The van der Waals surface area contributed by atoms with Gasteiger partial charge in [0.1, 0.15) is 17.3 Å². The maximum Gasteiger partial charge on any atom is 0.255 e. The number of nitrogens with zero attached hydrogens (tertiary/aromatic N) is 4. The summed E-state index contributed by atoms with van der Waals surface area (Å²) in [5.74, 6) is 0.900. The minimum atomic E-state index is -3.71. The molecule has 3 N–H and O–H groups in total. The lowest BCUT2D eigenvalue weighted by Crippen LogP contribution is -2.11. The lowest BCUT2D eigenvalue weighted by atomic mass is 10.3. The maximum atomic E-state index is 11.2. The Labute approximate surface area is 124 Å². The van der Waals surface area contributed by atoms with Crippen LogP contribution in [0.2, 0.25) is 5.15 Å². The van der Waals surface area contributed by atoms with Gasteiger partial charge in [0.05, 0.1) is 4.90 Å². The van der Waals surface area contributed by atoms with Gasteiger partial charge in [-0.3, -0.25) is 0 Å². The predicted molar refractivity (Wildman–Crippen MR) is 76.9 cm³/mol. The van der Waals surface area contributed by atoms with Crippen LogP contribution < -0.4 is 10.5 Å². The lowest BCUT2D eigenvalue weighted by Gasteiger charge is -2.08. The first-order valence-corrected chi connectivity index (χ1v) is 7.62. The summed E-state index contributed by atoms with van der Waals surface area (Å²) in [5.41, 5.74) is 0.640. The van der Waals surface area contributed by atoms with E-state index < -0.39 is 10.0 Å². The summed E-state index contributed by atoms with van der Waals surface area (Å²) in [4.78, 5) is 7.99. The van der Waals surface area contributed by atoms with E-state index in [2.05, 4.69) is 20.4 Å². The molecule has 0 fully saturated rings. The Morgan fingerprint density at radius 1 is 1.24 bits per heavy atom. The minimum Gasteiger partial charge on any atom is -0.340 e. The van der Waals surface area contributed by atoms with E-state index in [0.29, 0.717) is 17.3 Å². The Hall–Kier alpha value is -2.23. The van der Waals surface area contributed by atoms with Gasteiger partial charge in [-0.15, -0.1) is 0 Å². The largest absolute Gasteiger partial charge is 0.340 e. The number of sulfonamides is 1. The Balaban J connectivity index is 1.97. The number of hydrogen-bond donors (Lipinski definition) is 2. The highest BCUT2D eigenvalue weighted by molar-refractivity contribution is 7.89. The minimum absolute atomic E-state index is 0.0340. The first-order chi connectivity index (χ1) is 9.93. The summed E-state index contributed by atoms with van der Waals surface area (Å²) < 4.78 is 23.9. The van der Waals surface area contributed by atoms with Crippen LogP contribution in [0, 0.1) is 0 Å². The average molecular weight is 325 g/mol. The predicted octanol–water partition coefficient (Wildman–Crippen LogP) is 1.17. The first kappa shape index (κ1) is 13.7. The highest BCUT2D eigenvalue weighted by Gasteiger charge is 2.09. The number of nitrogens with two attached hydrogens (primary N) is 1. The molecule has 10 heteroatoms. The molecule has 0 aliphatic rings. The van der Waals surface area contributed by atoms with Crippen molar-refractivity contribution in [3.05, 3.63) is 41.8 Å². The van der Waals surface area contributed by atoms with Gasteiger partial charge in [0.15, 0.2) is 0 Å². The van der Waals surface area contributed by atoms with Crippen LogP contribution >= 0.6 is 11.6 Å². The monoisotopic (exact) mass is 324 g/mol. The van der Waals surface area contributed by atoms with E-state index in [1.165, 1.54) is 23.0 Å². The van der Waals surface area contributed by atoms with E-state index in [1.807, 2.05) is 0 Å². The van der Waals surface area contributed by atoms with Crippen molar-refractivity contribution in [1.29, 1.82) is 0 Å². The maximum absolute atomic E-state index is 11.2. The van der Waals surface area contributed by atoms with Gasteiger partial charge in [0.2, 0.25) is 10.0 Å². The van der Waals surface area contributed by atoms with Crippen molar-refractivity contribution in [1.82, 2.24) is 19.6 Å². The van der Waals surface area contributed by atoms with E-state index in [4.69, 9.17) is 16.7 Å². The SMILES string of the molecule is NS(=O)(=O)c1ccc(Nc2cc(Cl)nc3ncnn23)cc1. The molecular weight excluding hydrogens is 316 g/mol. The van der Waals surface area contributed by atoms with Crippen LogP contribution in [-0.2, 0) is 10.0 Å². The van der Waals surface area contributed by atoms with Crippen LogP contribution in [0.4, 0.5) is 11.5 Å². The van der Waals surface area contributed by atoms with Crippen molar-refractivity contribution < 1.29 is 8.42 Å². The molecule has 0 aliphatic heterocycles. The molecule has 0 aliphatic carbocycles. The van der Waals surface area contributed by atoms with Crippen LogP contribution in [0.25, 0.3) is 5.78 Å². The van der Waals surface area contributed by atoms with Crippen LogP contribution in [0.1, 0.15) is 0 Å². The zero-order chi connectivity index (χ0) is 15.0. The number of primary sulfonamides is 1. The lowest BCUT2D eigenvalue weighted by molar-refractivity contribution is 0.598. The second-order valence-corrected chi connectivity index (χ2v) is 6.08. The fourth-order valence-corrected chi connectivity index (χ4v) is 2.44. The summed E-state index contributed by atoms with van der Waals surface area (Å²) in [6.45, 7) is 0. The van der Waals surface area contributed by atoms with Gasteiger partial charge in [0.25, 0.3) is 5.78 Å². The second-order valence-electron chi connectivity index (χ2n) is 4.13. The third kappa shape index (κ3) is 2.79. The van der Waals surface area contributed by atoms with Crippen LogP contribution in [-0.4, -0.2) is 28.0 Å². The van der Waals surface area contributed by atoms with E-state index in [0.717, 1.165) is 0 Å². The fraction of sp³-hybridized carbons (Fsp3) is 0. The number of anilines is 2. The van der Waals surface area contributed by atoms with Crippen LogP contribution in [0.3, 0.4) is 0 Å². The summed E-state index contributed by atoms with van der Waals surface area (Å²) >= 11 is 5.90. The van der Waals surface area contributed by atoms with Crippen LogP contribution in [0.15, 0.2) is 41.6 Å². The van der Waals surface area contributed by atoms with Gasteiger partial charge in [-0.05, 0) is 24.3 Å². The third-order valence-electron chi connectivity index (χ3n) is 2.68. The highest BCUT2D eigenvalue weighted by atomic mass is 35.5. The Morgan fingerprint density at radius 3 is 2.62 bits per heavy atom. The number of fused-ring (bicyclic) bond motifs is 1. The van der Waals surface area contributed by atoms with Crippen molar-refractivity contribution in [3.63, 3.8) is 0 Å². The van der Waals surface area contributed by atoms with Crippen molar-refractivity contribution in [3.8, 4) is 0 Å². The first-order valence-electron chi connectivity index (χ1n) is 5.70. The normalized spacial score (nSPS) is 11.7. The summed E-state index contributed by atoms with van der Waals surface area (Å²) in [6, 6.07) is 7.54. The topological polar surface area (TPSA) is 115 Å². The van der Waals surface area contributed by atoms with Crippen molar-refractivity contribution in [2.24, 2.45) is 5.14 Å². The number of hydrogen-bond acceptors (Lipinski definition) is 6. The fourth-order valence-electron chi connectivity index (χ4n) is 1.75. The van der Waals surface area contributed by atoms with E-state index in [-0.39, 0.29) is 10.0 Å². The molecule has 8 nitrogen and oxygen atoms in total. The van der Waals surface area contributed by atoms with Crippen molar-refractivity contribution in [2.45, 2.75) is 4.90 Å². The Kier molecular flexibility index (Phi) is 3.24. The van der Waals surface area contributed by atoms with E-state index >= 15 is 0 Å². The molecule has 21 heavy (non-hydrogen) atoms. The van der Waals surface area contributed by atoms with E-state index in [9.17, 15) is 8.42 Å². The molecular formula is C11H9ClN6O2S. The summed E-state index contributed by atoms with van der Waals surface area (Å²) in [5, 5.41) is 12.4. The average Bonchev–Trinajstić information content (AvgIpc) is 2.86. The van der Waals surface area contributed by atoms with Gasteiger partial charge in [-0.2, -0.15) is 19.6 Å². The zero-order valence-electron chi connectivity index (χ0n) is 10.4. The Morgan fingerprint density at radius 2 is 1.95 bits per heavy atom. The zero-order valence-corrected chi connectivity index (χ0v) is 12.0. The molecule has 0 atom stereocenters. The number of rotatable bonds is 3. The molecule has 0 amide bonds. The molecule has 3 rings (SSSR count). The smallest absolute Gasteiger partial charge is 0.255 e. The molecule has 0 unspecified atom stereocenters. The molecule has 2 aromatic heterocycles. The van der Waals surface area contributed by atoms with Gasteiger partial charge in [0, 0.05) is 11.8 Å². The number of aromatic nitrogens is 4. The standard InChI is InChI=1S/C11H9ClN6O2S/c12-9-5-10(18-11(17-9)14-6-15-18)16-7-1-3-8(4-2-7)21(13,19)20/h1-6,16H,(H2,13,19,20). The highest BCUT2D eigenvalue weighted by Crippen LogP contribution is 2.20. The molecule has 0 spiro atoms. The third-order valence-corrected chi connectivity index (χ3v) is 3.80. The molecule has 108 valence electrons. The number of halogens is 1. The quantitative estimate of drug-likeness (QED) is 0.699. The van der Waals surface area contributed by atoms with Crippen molar-refractivity contribution >= 4 is 38.9 Å². The molecule has 3 aromatic rings. The summed E-state index contributed by atoms with van der Waals surface area (Å²) in [6.07, 6.45) is 1.36. The van der Waals surface area contributed by atoms with Crippen LogP contribution in [0.5, 0.6) is 0 Å². The number of benzene rings is 1. The molecule has 1 aromatic carbocycles. The van der Waals surface area contributed by atoms with Crippen molar-refractivity contribution in [2.75, 3.05) is 5.32 Å². The summed E-state index contributed by atoms with van der Waals surface area (Å²) in [7, 11) is -3.71. The molecule has 0 saturated heterocycles. The van der Waals surface area contributed by atoms with Gasteiger partial charge < -0.3 is 5.32 Å².